The first-order chi connectivity index (χ1) is 10.4. The molecule has 5 heteroatoms. The van der Waals surface area contributed by atoms with Crippen molar-refractivity contribution in [1.29, 1.82) is 0 Å². The van der Waals surface area contributed by atoms with Crippen LogP contribution in [-0.4, -0.2) is 43.8 Å². The average Bonchev–Trinajstić information content (AvgIpc) is 2.71. The molecule has 4 nitrogen and oxygen atoms in total. The number of hydrogen-bond donors (Lipinski definition) is 1. The Labute approximate surface area is 134 Å². The van der Waals surface area contributed by atoms with Gasteiger partial charge in [-0.15, -0.1) is 0 Å². The summed E-state index contributed by atoms with van der Waals surface area (Å²) in [7, 11) is -3.18. The molecular formula is C17H27NO3S. The van der Waals surface area contributed by atoms with Crippen LogP contribution in [0.1, 0.15) is 50.7 Å². The highest BCUT2D eigenvalue weighted by Crippen LogP contribution is 2.23. The first kappa shape index (κ1) is 17.4. The molecule has 0 spiro atoms. The van der Waals surface area contributed by atoms with Crippen LogP contribution in [0.25, 0.3) is 0 Å². The maximum absolute atomic E-state index is 11.5. The van der Waals surface area contributed by atoms with E-state index in [9.17, 15) is 13.5 Å². The van der Waals surface area contributed by atoms with E-state index in [-0.39, 0.29) is 0 Å². The zero-order valence-electron chi connectivity index (χ0n) is 13.5. The van der Waals surface area contributed by atoms with Gasteiger partial charge < -0.3 is 5.11 Å². The van der Waals surface area contributed by atoms with Crippen molar-refractivity contribution in [2.75, 3.05) is 19.3 Å². The van der Waals surface area contributed by atoms with E-state index in [1.54, 1.807) is 24.3 Å². The molecule has 2 atom stereocenters. The van der Waals surface area contributed by atoms with Crippen LogP contribution in [0.2, 0.25) is 0 Å². The van der Waals surface area contributed by atoms with Gasteiger partial charge in [-0.3, -0.25) is 4.90 Å². The molecule has 1 aliphatic rings. The molecular weight excluding hydrogens is 298 g/mol. The molecule has 1 heterocycles. The van der Waals surface area contributed by atoms with E-state index in [1.807, 2.05) is 0 Å². The molecule has 2 rings (SSSR count). The van der Waals surface area contributed by atoms with Crippen LogP contribution in [0.3, 0.4) is 0 Å². The van der Waals surface area contributed by atoms with Crippen LogP contribution in [0.4, 0.5) is 0 Å². The van der Waals surface area contributed by atoms with Gasteiger partial charge in [-0.2, -0.15) is 0 Å². The predicted octanol–water partition coefficient (Wildman–Crippen LogP) is 2.78. The van der Waals surface area contributed by atoms with Gasteiger partial charge in [0.05, 0.1) is 11.0 Å². The Morgan fingerprint density at radius 3 is 2.50 bits per heavy atom. The monoisotopic (exact) mass is 325 g/mol. The van der Waals surface area contributed by atoms with Crippen LogP contribution in [0.5, 0.6) is 0 Å². The maximum atomic E-state index is 11.5. The Bertz CT molecular complexity index is 568. The molecule has 0 aliphatic carbocycles. The molecule has 1 aliphatic heterocycles. The van der Waals surface area contributed by atoms with E-state index in [4.69, 9.17) is 0 Å². The lowest BCUT2D eigenvalue weighted by Crippen LogP contribution is -2.37. The van der Waals surface area contributed by atoms with Gasteiger partial charge in [0.1, 0.15) is 0 Å². The fourth-order valence-corrected chi connectivity index (χ4v) is 3.83. The van der Waals surface area contributed by atoms with Crippen LogP contribution >= 0.6 is 0 Å². The van der Waals surface area contributed by atoms with Crippen LogP contribution in [0, 0.1) is 0 Å². The second-order valence-corrected chi connectivity index (χ2v) is 8.28. The van der Waals surface area contributed by atoms with E-state index in [0.29, 0.717) is 17.5 Å². The fraction of sp³-hybridized carbons (Fsp3) is 0.647. The summed E-state index contributed by atoms with van der Waals surface area (Å²) in [5.74, 6) is 0. The number of benzene rings is 1. The van der Waals surface area contributed by atoms with E-state index in [2.05, 4.69) is 11.8 Å². The van der Waals surface area contributed by atoms with E-state index in [0.717, 1.165) is 18.5 Å². The highest BCUT2D eigenvalue weighted by Gasteiger charge is 2.22. The Hall–Kier alpha value is -0.910. The van der Waals surface area contributed by atoms with Gasteiger partial charge in [0.15, 0.2) is 9.84 Å². The van der Waals surface area contributed by atoms with Crippen molar-refractivity contribution in [2.24, 2.45) is 0 Å². The van der Waals surface area contributed by atoms with E-state index < -0.39 is 15.9 Å². The van der Waals surface area contributed by atoms with Crippen molar-refractivity contribution in [3.8, 4) is 0 Å². The second-order valence-electron chi connectivity index (χ2n) is 6.26. The molecule has 22 heavy (non-hydrogen) atoms. The number of hydrogen-bond acceptors (Lipinski definition) is 4. The number of aliphatic hydroxyl groups is 1. The number of β-amino-alcohol motifs (C(OH)–C–C–N with tert-alkyl or cyclic N) is 1. The van der Waals surface area contributed by atoms with Gasteiger partial charge >= 0.3 is 0 Å². The summed E-state index contributed by atoms with van der Waals surface area (Å²) < 4.78 is 23.0. The summed E-state index contributed by atoms with van der Waals surface area (Å²) in [6.07, 6.45) is 6.68. The minimum absolute atomic E-state index is 0.296. The van der Waals surface area contributed by atoms with Crippen molar-refractivity contribution in [3.05, 3.63) is 29.8 Å². The zero-order valence-corrected chi connectivity index (χ0v) is 14.3. The van der Waals surface area contributed by atoms with Gasteiger partial charge in [-0.1, -0.05) is 31.9 Å². The third-order valence-corrected chi connectivity index (χ3v) is 5.70. The van der Waals surface area contributed by atoms with Gasteiger partial charge in [0, 0.05) is 18.8 Å². The summed E-state index contributed by atoms with van der Waals surface area (Å²) in [5, 5.41) is 10.5. The molecule has 1 fully saturated rings. The summed E-state index contributed by atoms with van der Waals surface area (Å²) in [6.45, 7) is 3.87. The summed E-state index contributed by atoms with van der Waals surface area (Å²) in [4.78, 5) is 2.69. The fourth-order valence-electron chi connectivity index (χ4n) is 3.20. The second kappa shape index (κ2) is 7.57. The minimum Gasteiger partial charge on any atom is -0.387 e. The lowest BCUT2D eigenvalue weighted by Gasteiger charge is -2.31. The Morgan fingerprint density at radius 1 is 1.23 bits per heavy atom. The number of sulfone groups is 1. The molecule has 124 valence electrons. The highest BCUT2D eigenvalue weighted by atomic mass is 32.2. The van der Waals surface area contributed by atoms with E-state index >= 15 is 0 Å². The number of rotatable bonds is 5. The number of aliphatic hydroxyl groups excluding tert-OH is 1. The minimum atomic E-state index is -3.18. The summed E-state index contributed by atoms with van der Waals surface area (Å²) in [6, 6.07) is 7.15. The first-order valence-corrected chi connectivity index (χ1v) is 10.0. The highest BCUT2D eigenvalue weighted by molar-refractivity contribution is 7.90. The van der Waals surface area contributed by atoms with E-state index in [1.165, 1.54) is 31.9 Å². The van der Waals surface area contributed by atoms with Crippen LogP contribution in [0.15, 0.2) is 29.2 Å². The van der Waals surface area contributed by atoms with Crippen molar-refractivity contribution < 1.29 is 13.5 Å². The molecule has 1 aromatic carbocycles. The summed E-state index contributed by atoms with van der Waals surface area (Å²) in [5.41, 5.74) is 0.784. The zero-order chi connectivity index (χ0) is 16.2. The third-order valence-electron chi connectivity index (χ3n) is 4.57. The standard InChI is InChI=1S/C17H27NO3S/c1-3-15-7-5-4-6-12-18(15)13-17(19)14-8-10-16(11-9-14)22(2,20)21/h8-11,15,17,19H,3-7,12-13H2,1-2H3. The normalized spacial score (nSPS) is 22.2. The van der Waals surface area contributed by atoms with Crippen LogP contribution in [-0.2, 0) is 9.84 Å². The first-order valence-electron chi connectivity index (χ1n) is 8.14. The largest absolute Gasteiger partial charge is 0.387 e. The number of likely N-dealkylation sites (tertiary alicyclic amines) is 1. The SMILES string of the molecule is CCC1CCCCCN1CC(O)c1ccc(S(C)(=O)=O)cc1. The van der Waals surface area contributed by atoms with Gasteiger partial charge in [-0.05, 0) is 43.5 Å². The Kier molecular flexibility index (Phi) is 6.01. The summed E-state index contributed by atoms with van der Waals surface area (Å²) >= 11 is 0. The quantitative estimate of drug-likeness (QED) is 0.904. The van der Waals surface area contributed by atoms with Gasteiger partial charge in [0.25, 0.3) is 0 Å². The van der Waals surface area contributed by atoms with Crippen molar-refractivity contribution in [2.45, 2.75) is 56.1 Å². The molecule has 0 aromatic heterocycles. The van der Waals surface area contributed by atoms with Gasteiger partial charge in [-0.25, -0.2) is 8.42 Å². The molecule has 1 saturated heterocycles. The maximum Gasteiger partial charge on any atom is 0.175 e. The Morgan fingerprint density at radius 2 is 1.91 bits per heavy atom. The van der Waals surface area contributed by atoms with Crippen molar-refractivity contribution >= 4 is 9.84 Å². The topological polar surface area (TPSA) is 57.6 Å². The average molecular weight is 325 g/mol. The lowest BCUT2D eigenvalue weighted by atomic mass is 10.1. The van der Waals surface area contributed by atoms with Crippen molar-refractivity contribution in [3.63, 3.8) is 0 Å². The molecule has 0 amide bonds. The molecule has 0 saturated carbocycles. The number of nitrogens with zero attached hydrogens (tertiary/aromatic N) is 1. The molecule has 2 unspecified atom stereocenters. The van der Waals surface area contributed by atoms with Crippen LogP contribution < -0.4 is 0 Å². The Balaban J connectivity index is 2.05. The third kappa shape index (κ3) is 4.54. The molecule has 0 radical (unpaired) electrons. The lowest BCUT2D eigenvalue weighted by molar-refractivity contribution is 0.0865. The predicted molar refractivity (Wildman–Crippen MR) is 88.6 cm³/mol. The smallest absolute Gasteiger partial charge is 0.175 e. The molecule has 1 aromatic rings. The van der Waals surface area contributed by atoms with Gasteiger partial charge in [0.2, 0.25) is 0 Å². The molecule has 1 N–H and O–H groups in total. The van der Waals surface area contributed by atoms with Crippen molar-refractivity contribution in [1.82, 2.24) is 4.90 Å². The molecule has 0 bridgehead atoms.